The summed E-state index contributed by atoms with van der Waals surface area (Å²) in [5.41, 5.74) is 10.1. The quantitative estimate of drug-likeness (QED) is 0.676. The minimum atomic E-state index is -0.404. The van der Waals surface area contributed by atoms with E-state index in [9.17, 15) is 10.1 Å². The molecular weight excluding hydrogens is 290 g/mol. The Labute approximate surface area is 135 Å². The van der Waals surface area contributed by atoms with Crippen molar-refractivity contribution in [2.75, 3.05) is 5.43 Å². The summed E-state index contributed by atoms with van der Waals surface area (Å²) in [5, 5.41) is 15.2. The Morgan fingerprint density at radius 2 is 1.87 bits per heavy atom. The van der Waals surface area contributed by atoms with Crippen molar-refractivity contribution in [2.24, 2.45) is 5.10 Å². The van der Waals surface area contributed by atoms with Crippen LogP contribution in [0.5, 0.6) is 0 Å². The van der Waals surface area contributed by atoms with Crippen molar-refractivity contribution in [3.05, 3.63) is 68.8 Å². The van der Waals surface area contributed by atoms with Crippen molar-refractivity contribution in [3.63, 3.8) is 0 Å². The normalized spacial score (nSPS) is 15.3. The highest BCUT2D eigenvalue weighted by molar-refractivity contribution is 6.03. The molecule has 0 saturated carbocycles. The number of nitro groups is 1. The van der Waals surface area contributed by atoms with Gasteiger partial charge in [-0.2, -0.15) is 5.10 Å². The van der Waals surface area contributed by atoms with Crippen molar-refractivity contribution in [2.45, 2.75) is 33.1 Å². The van der Waals surface area contributed by atoms with E-state index < -0.39 is 4.92 Å². The summed E-state index contributed by atoms with van der Waals surface area (Å²) in [6.45, 7) is 4.25. The van der Waals surface area contributed by atoms with Crippen LogP contribution in [0.1, 0.15) is 35.1 Å². The van der Waals surface area contributed by atoms with Gasteiger partial charge >= 0.3 is 0 Å². The van der Waals surface area contributed by atoms with E-state index in [1.165, 1.54) is 34.4 Å². The van der Waals surface area contributed by atoms with Crippen LogP contribution in [0, 0.1) is 24.0 Å². The lowest BCUT2D eigenvalue weighted by Crippen LogP contribution is -2.15. The smallest absolute Gasteiger partial charge is 0.269 e. The highest BCUT2D eigenvalue weighted by Gasteiger charge is 2.17. The number of benzene rings is 2. The summed E-state index contributed by atoms with van der Waals surface area (Å²) in [5.74, 6) is 0. The summed E-state index contributed by atoms with van der Waals surface area (Å²) in [4.78, 5) is 10.3. The van der Waals surface area contributed by atoms with Gasteiger partial charge in [0, 0.05) is 17.7 Å². The molecule has 0 aliphatic heterocycles. The number of aryl methyl sites for hydroxylation is 2. The van der Waals surface area contributed by atoms with Gasteiger partial charge in [0.15, 0.2) is 0 Å². The number of hydrogen-bond donors (Lipinski definition) is 1. The predicted molar refractivity (Wildman–Crippen MR) is 92.1 cm³/mol. The highest BCUT2D eigenvalue weighted by Crippen LogP contribution is 2.26. The summed E-state index contributed by atoms with van der Waals surface area (Å²) in [6, 6.07) is 10.7. The standard InChI is InChI=1S/C18H19N3O2/c1-12-10-13(2)16-4-3-5-18(17(16)11-12)20-19-14-6-8-15(9-7-14)21(22)23/h6-11,19H,3-5H2,1-2H3/b20-18+. The first kappa shape index (κ1) is 15.2. The van der Waals surface area contributed by atoms with Gasteiger partial charge in [-0.25, -0.2) is 0 Å². The average molecular weight is 309 g/mol. The third-order valence-corrected chi connectivity index (χ3v) is 4.17. The maximum absolute atomic E-state index is 10.7. The molecule has 0 saturated heterocycles. The van der Waals surface area contributed by atoms with Crippen molar-refractivity contribution < 1.29 is 4.92 Å². The molecule has 3 rings (SSSR count). The maximum atomic E-state index is 10.7. The van der Waals surface area contributed by atoms with E-state index in [1.807, 2.05) is 0 Å². The largest absolute Gasteiger partial charge is 0.278 e. The first-order valence-electron chi connectivity index (χ1n) is 7.72. The zero-order valence-corrected chi connectivity index (χ0v) is 13.3. The fourth-order valence-corrected chi connectivity index (χ4v) is 3.06. The molecule has 1 aliphatic carbocycles. The summed E-state index contributed by atoms with van der Waals surface area (Å²) >= 11 is 0. The Bertz CT molecular complexity index is 780. The fourth-order valence-electron chi connectivity index (χ4n) is 3.06. The van der Waals surface area contributed by atoms with Crippen molar-refractivity contribution >= 4 is 17.1 Å². The van der Waals surface area contributed by atoms with Gasteiger partial charge < -0.3 is 0 Å². The second kappa shape index (κ2) is 6.20. The second-order valence-electron chi connectivity index (χ2n) is 5.94. The first-order chi connectivity index (χ1) is 11.0. The van der Waals surface area contributed by atoms with Gasteiger partial charge in [0.25, 0.3) is 5.69 Å². The number of nitrogens with zero attached hydrogens (tertiary/aromatic N) is 2. The van der Waals surface area contributed by atoms with Crippen LogP contribution in [0.3, 0.4) is 0 Å². The third kappa shape index (κ3) is 3.23. The number of nitro benzene ring substituents is 1. The molecule has 5 heteroatoms. The first-order valence-corrected chi connectivity index (χ1v) is 7.72. The van der Waals surface area contributed by atoms with Gasteiger partial charge in [-0.15, -0.1) is 0 Å². The van der Waals surface area contributed by atoms with E-state index in [0.717, 1.165) is 30.7 Å². The average Bonchev–Trinajstić information content (AvgIpc) is 2.53. The highest BCUT2D eigenvalue weighted by atomic mass is 16.6. The fraction of sp³-hybridized carbons (Fsp3) is 0.278. The van der Waals surface area contributed by atoms with Gasteiger partial charge in [0.1, 0.15) is 0 Å². The van der Waals surface area contributed by atoms with E-state index in [4.69, 9.17) is 0 Å². The molecule has 0 atom stereocenters. The van der Waals surface area contributed by atoms with E-state index in [-0.39, 0.29) is 5.69 Å². The van der Waals surface area contributed by atoms with Gasteiger partial charge in [-0.05, 0) is 62.4 Å². The maximum Gasteiger partial charge on any atom is 0.269 e. The molecule has 1 N–H and O–H groups in total. The molecule has 1 aliphatic rings. The zero-order valence-electron chi connectivity index (χ0n) is 13.3. The van der Waals surface area contributed by atoms with Gasteiger partial charge in [0.2, 0.25) is 0 Å². The Balaban J connectivity index is 1.86. The van der Waals surface area contributed by atoms with Crippen LogP contribution in [0.4, 0.5) is 11.4 Å². The van der Waals surface area contributed by atoms with Crippen LogP contribution < -0.4 is 5.43 Å². The molecular formula is C18H19N3O2. The van der Waals surface area contributed by atoms with E-state index in [1.54, 1.807) is 12.1 Å². The number of rotatable bonds is 3. The van der Waals surface area contributed by atoms with Crippen molar-refractivity contribution in [1.29, 1.82) is 0 Å². The van der Waals surface area contributed by atoms with Gasteiger partial charge in [-0.1, -0.05) is 11.6 Å². The SMILES string of the molecule is Cc1cc(C)c2c(c1)/C(=N/Nc1ccc([N+](=O)[O-])cc1)CCC2. The molecule has 0 spiro atoms. The van der Waals surface area contributed by atoms with Crippen LogP contribution in [-0.2, 0) is 6.42 Å². The Kier molecular flexibility index (Phi) is 4.10. The lowest BCUT2D eigenvalue weighted by Gasteiger charge is -2.21. The number of hydrazone groups is 1. The van der Waals surface area contributed by atoms with Crippen LogP contribution in [0.25, 0.3) is 0 Å². The molecule has 0 unspecified atom stereocenters. The number of fused-ring (bicyclic) bond motifs is 1. The van der Waals surface area contributed by atoms with Crippen LogP contribution >= 0.6 is 0 Å². The van der Waals surface area contributed by atoms with Crippen molar-refractivity contribution in [1.82, 2.24) is 0 Å². The van der Waals surface area contributed by atoms with Crippen LogP contribution in [0.2, 0.25) is 0 Å². The van der Waals surface area contributed by atoms with E-state index in [0.29, 0.717) is 0 Å². The number of hydrogen-bond acceptors (Lipinski definition) is 4. The zero-order chi connectivity index (χ0) is 16.4. The molecule has 2 aromatic carbocycles. The molecule has 118 valence electrons. The van der Waals surface area contributed by atoms with E-state index in [2.05, 4.69) is 36.5 Å². The molecule has 0 radical (unpaired) electrons. The van der Waals surface area contributed by atoms with Gasteiger partial charge in [0.05, 0.1) is 16.3 Å². The van der Waals surface area contributed by atoms with Crippen molar-refractivity contribution in [3.8, 4) is 0 Å². The number of non-ortho nitro benzene ring substituents is 1. The molecule has 5 nitrogen and oxygen atoms in total. The molecule has 23 heavy (non-hydrogen) atoms. The lowest BCUT2D eigenvalue weighted by atomic mass is 9.86. The van der Waals surface area contributed by atoms with Crippen LogP contribution in [0.15, 0.2) is 41.5 Å². The molecule has 0 heterocycles. The lowest BCUT2D eigenvalue weighted by molar-refractivity contribution is -0.384. The molecule has 0 amide bonds. The monoisotopic (exact) mass is 309 g/mol. The van der Waals surface area contributed by atoms with Gasteiger partial charge in [-0.3, -0.25) is 15.5 Å². The second-order valence-corrected chi connectivity index (χ2v) is 5.94. The van der Waals surface area contributed by atoms with E-state index >= 15 is 0 Å². The Morgan fingerprint density at radius 1 is 1.13 bits per heavy atom. The molecule has 0 bridgehead atoms. The Hall–Kier alpha value is -2.69. The number of anilines is 1. The predicted octanol–water partition coefficient (Wildman–Crippen LogP) is 4.36. The van der Waals surface area contributed by atoms with Crippen LogP contribution in [-0.4, -0.2) is 10.6 Å². The minimum absolute atomic E-state index is 0.0810. The summed E-state index contributed by atoms with van der Waals surface area (Å²) in [7, 11) is 0. The topological polar surface area (TPSA) is 67.5 Å². The summed E-state index contributed by atoms with van der Waals surface area (Å²) in [6.07, 6.45) is 3.13. The molecule has 0 fully saturated rings. The minimum Gasteiger partial charge on any atom is -0.278 e. The number of nitrogens with one attached hydrogen (secondary N) is 1. The molecule has 2 aromatic rings. The third-order valence-electron chi connectivity index (χ3n) is 4.17. The summed E-state index contributed by atoms with van der Waals surface area (Å²) < 4.78 is 0. The molecule has 0 aromatic heterocycles. The Morgan fingerprint density at radius 3 is 2.57 bits per heavy atom.